The average Bonchev–Trinajstić information content (AvgIpc) is 3.99. The maximum atomic E-state index is 5.42. The van der Waals surface area contributed by atoms with Crippen molar-refractivity contribution in [3.05, 3.63) is 145 Å². The van der Waals surface area contributed by atoms with Crippen molar-refractivity contribution in [2.45, 2.75) is 0 Å². The van der Waals surface area contributed by atoms with E-state index in [0.29, 0.717) is 0 Å². The third-order valence-electron chi connectivity index (χ3n) is 10.3. The molecule has 0 aliphatic carbocycles. The zero-order valence-corrected chi connectivity index (χ0v) is 30.5. The number of H-pyrrole nitrogens is 2. The van der Waals surface area contributed by atoms with Gasteiger partial charge in [-0.3, -0.25) is 0 Å². The van der Waals surface area contributed by atoms with E-state index >= 15 is 0 Å². The Kier molecular flexibility index (Phi) is 7.73. The monoisotopic (exact) mass is 693 g/mol. The topological polar surface area (TPSA) is 63.9 Å². The summed E-state index contributed by atoms with van der Waals surface area (Å²) in [5.74, 6) is 0. The van der Waals surface area contributed by atoms with Gasteiger partial charge in [-0.1, -0.05) is 0 Å². The van der Waals surface area contributed by atoms with Crippen molar-refractivity contribution in [1.29, 1.82) is 0 Å². The second-order valence-electron chi connectivity index (χ2n) is 14.0. The quantitative estimate of drug-likeness (QED) is 0.217. The molecule has 2 aliphatic heterocycles. The summed E-state index contributed by atoms with van der Waals surface area (Å²) in [5, 5.41) is 0. The zero-order valence-electron chi connectivity index (χ0n) is 30.5. The summed E-state index contributed by atoms with van der Waals surface area (Å²) in [6.07, 6.45) is 25.6. The molecule has 0 saturated carbocycles. The number of fused-ring (bicyclic) bond motifs is 8. The Balaban J connectivity index is 1.49. The molecule has 9 rings (SSSR count). The highest BCUT2D eigenvalue weighted by atomic mass is 15.0. The van der Waals surface area contributed by atoms with Crippen LogP contribution in [0.4, 0.5) is 0 Å². The molecule has 8 nitrogen and oxygen atoms in total. The highest BCUT2D eigenvalue weighted by Gasteiger charge is 2.26. The first-order valence-corrected chi connectivity index (χ1v) is 17.8. The maximum absolute atomic E-state index is 5.42. The summed E-state index contributed by atoms with van der Waals surface area (Å²) >= 11 is 0. The van der Waals surface area contributed by atoms with E-state index in [-0.39, 0.29) is 0 Å². The molecule has 7 aromatic heterocycles. The standard InChI is InChI=1S/C45H39N8/c1-49-22-14-30(15-23-49)42-34-6-7-35(46-34)43(31-16-24-50(2)25-17-31)37-9-11-39(48-37)45(33-20-28-52(4)29-21-33)41-13-12-40(53(41)5)44(38-10-8-36(42)47-38)32-18-26-51(3)27-19-32/h6-29H,1-5H3/q+3/p+2. The largest absolute Gasteiger partial charge is 0.354 e. The van der Waals surface area contributed by atoms with Crippen LogP contribution in [0.25, 0.3) is 90.9 Å². The molecule has 0 saturated heterocycles. The molecule has 256 valence electrons. The first kappa shape index (κ1) is 32.1. The van der Waals surface area contributed by atoms with E-state index in [4.69, 9.17) is 4.98 Å². The van der Waals surface area contributed by atoms with Crippen molar-refractivity contribution in [2.24, 2.45) is 35.2 Å². The molecule has 0 fully saturated rings. The van der Waals surface area contributed by atoms with Gasteiger partial charge in [0.05, 0.1) is 33.5 Å². The number of hydrogen-bond acceptors (Lipinski definition) is 1. The lowest BCUT2D eigenvalue weighted by Gasteiger charge is -2.06. The first-order chi connectivity index (χ1) is 25.8. The van der Waals surface area contributed by atoms with Crippen LogP contribution in [0.3, 0.4) is 0 Å². The van der Waals surface area contributed by atoms with Crippen LogP contribution >= 0.6 is 0 Å². The van der Waals surface area contributed by atoms with Crippen molar-refractivity contribution in [3.63, 3.8) is 0 Å². The molecule has 7 aromatic rings. The fourth-order valence-corrected chi connectivity index (χ4v) is 7.46. The van der Waals surface area contributed by atoms with Crippen molar-refractivity contribution < 1.29 is 22.8 Å². The highest BCUT2D eigenvalue weighted by molar-refractivity contribution is 5.98. The lowest BCUT2D eigenvalue weighted by Crippen LogP contribution is -2.33. The predicted octanol–water partition coefficient (Wildman–Crippen LogP) is 6.05. The van der Waals surface area contributed by atoms with Crippen LogP contribution in [0.15, 0.2) is 122 Å². The molecule has 2 aliphatic rings. The summed E-state index contributed by atoms with van der Waals surface area (Å²) in [5.41, 5.74) is 16.8. The number of aromatic nitrogens is 8. The molecule has 0 aromatic carbocycles. The Morgan fingerprint density at radius 2 is 0.642 bits per heavy atom. The molecule has 0 spiro atoms. The predicted molar refractivity (Wildman–Crippen MR) is 209 cm³/mol. The molecular formula is C45H41N8+5. The van der Waals surface area contributed by atoms with Crippen LogP contribution in [0.1, 0.15) is 22.8 Å². The fraction of sp³-hybridized carbons (Fsp3) is 0.111. The van der Waals surface area contributed by atoms with Gasteiger partial charge in [-0.15, -0.1) is 0 Å². The van der Waals surface area contributed by atoms with Gasteiger partial charge in [0.15, 0.2) is 49.6 Å². The summed E-state index contributed by atoms with van der Waals surface area (Å²) in [6.45, 7) is 0. The average molecular weight is 694 g/mol. The summed E-state index contributed by atoms with van der Waals surface area (Å²) in [4.78, 5) is 13.2. The van der Waals surface area contributed by atoms with Crippen molar-refractivity contribution in [1.82, 2.24) is 15.0 Å². The third kappa shape index (κ3) is 5.74. The molecule has 0 radical (unpaired) electrons. The zero-order chi connectivity index (χ0) is 36.2. The molecular weight excluding hydrogens is 653 g/mol. The van der Waals surface area contributed by atoms with Crippen molar-refractivity contribution in [3.8, 4) is 44.5 Å². The van der Waals surface area contributed by atoms with Crippen LogP contribution in [-0.2, 0) is 35.2 Å². The molecule has 8 bridgehead atoms. The minimum absolute atomic E-state index is 0.902. The van der Waals surface area contributed by atoms with E-state index < -0.39 is 0 Å². The van der Waals surface area contributed by atoms with Gasteiger partial charge in [0.1, 0.15) is 35.2 Å². The highest BCUT2D eigenvalue weighted by Crippen LogP contribution is 2.37. The summed E-state index contributed by atoms with van der Waals surface area (Å²) < 4.78 is 10.6. The number of aromatic amines is 2. The molecule has 8 heteroatoms. The van der Waals surface area contributed by atoms with E-state index in [1.54, 1.807) is 0 Å². The van der Waals surface area contributed by atoms with Gasteiger partial charge in [-0.2, -0.15) is 4.57 Å². The van der Waals surface area contributed by atoms with E-state index in [0.717, 1.165) is 89.4 Å². The summed E-state index contributed by atoms with van der Waals surface area (Å²) in [6, 6.07) is 26.2. The molecule has 0 atom stereocenters. The maximum Gasteiger partial charge on any atom is 0.215 e. The van der Waals surface area contributed by atoms with E-state index in [1.807, 2.05) is 14.1 Å². The number of hydrogen-bond donors (Lipinski definition) is 2. The molecule has 2 N–H and O–H groups in total. The number of aryl methyl sites for hydroxylation is 4. The van der Waals surface area contributed by atoms with Crippen molar-refractivity contribution >= 4 is 46.4 Å². The number of pyridine rings is 4. The molecule has 0 amide bonds. The molecule has 9 heterocycles. The van der Waals surface area contributed by atoms with Gasteiger partial charge in [0, 0.05) is 94.0 Å². The van der Waals surface area contributed by atoms with Crippen LogP contribution in [0.2, 0.25) is 0 Å². The van der Waals surface area contributed by atoms with Gasteiger partial charge in [0.25, 0.3) is 0 Å². The van der Waals surface area contributed by atoms with Crippen LogP contribution in [0, 0.1) is 0 Å². The number of nitrogens with one attached hydrogen (secondary N) is 2. The second-order valence-corrected chi connectivity index (χ2v) is 14.0. The minimum atomic E-state index is 0.902. The number of nitrogens with zero attached hydrogens (tertiary/aromatic N) is 6. The Morgan fingerprint density at radius 3 is 0.962 bits per heavy atom. The fourth-order valence-electron chi connectivity index (χ4n) is 7.46. The van der Waals surface area contributed by atoms with E-state index in [2.05, 4.69) is 201 Å². The van der Waals surface area contributed by atoms with Gasteiger partial charge < -0.3 is 9.97 Å². The first-order valence-electron chi connectivity index (χ1n) is 17.8. The lowest BCUT2D eigenvalue weighted by molar-refractivity contribution is -0.672. The van der Waals surface area contributed by atoms with Crippen molar-refractivity contribution in [2.75, 3.05) is 0 Å². The van der Waals surface area contributed by atoms with Gasteiger partial charge in [0.2, 0.25) is 11.4 Å². The Morgan fingerprint density at radius 1 is 0.358 bits per heavy atom. The van der Waals surface area contributed by atoms with E-state index in [9.17, 15) is 0 Å². The van der Waals surface area contributed by atoms with Gasteiger partial charge in [-0.05, 0) is 47.5 Å². The van der Waals surface area contributed by atoms with E-state index in [1.165, 1.54) is 0 Å². The number of rotatable bonds is 4. The van der Waals surface area contributed by atoms with Crippen LogP contribution in [-0.4, -0.2) is 15.0 Å². The third-order valence-corrected chi connectivity index (χ3v) is 10.3. The molecule has 53 heavy (non-hydrogen) atoms. The van der Waals surface area contributed by atoms with Gasteiger partial charge in [-0.25, -0.2) is 23.3 Å². The molecule has 0 unspecified atom stereocenters. The Hall–Kier alpha value is -6.80. The van der Waals surface area contributed by atoms with Gasteiger partial charge >= 0.3 is 0 Å². The lowest BCUT2D eigenvalue weighted by atomic mass is 10.0. The van der Waals surface area contributed by atoms with Crippen LogP contribution in [0.5, 0.6) is 0 Å². The second kappa shape index (κ2) is 12.8. The van der Waals surface area contributed by atoms with Crippen LogP contribution < -0.4 is 22.8 Å². The minimum Gasteiger partial charge on any atom is -0.354 e. The normalized spacial score (nSPS) is 12.1. The Labute approximate surface area is 308 Å². The Bertz CT molecular complexity index is 2600. The summed E-state index contributed by atoms with van der Waals surface area (Å²) in [7, 11) is 10.4. The smallest absolute Gasteiger partial charge is 0.215 e. The SMILES string of the molecule is C[n+]1ccc(-c2c3nc(c(-c4cc[n+](C)cc4)c4ccc([nH]4)c(-c4cc[n+](C)cc4)c4[n+](C)c(c(-c5cc[n+](C)cc5)c5ccc2[nH]5)C=C4)C=C3)cc1.